The van der Waals surface area contributed by atoms with Gasteiger partial charge in [-0.15, -0.1) is 5.10 Å². The summed E-state index contributed by atoms with van der Waals surface area (Å²) in [6, 6.07) is -1.87. The molecule has 22 heavy (non-hydrogen) atoms. The maximum absolute atomic E-state index is 13.2. The van der Waals surface area contributed by atoms with Gasteiger partial charge in [0.05, 0.1) is 6.20 Å². The number of hydrogen-bond donors (Lipinski definition) is 2. The summed E-state index contributed by atoms with van der Waals surface area (Å²) in [6.07, 6.45) is -3.54. The van der Waals surface area contributed by atoms with Gasteiger partial charge in [-0.2, -0.15) is 13.2 Å². The number of halogens is 3. The number of piperazine rings is 1. The number of nitrogens with zero attached hydrogens (tertiary/aromatic N) is 4. The topological polar surface area (TPSA) is 92.1 Å². The lowest BCUT2D eigenvalue weighted by Gasteiger charge is -2.35. The minimum absolute atomic E-state index is 0.208. The SMILES string of the molecule is Cn1nncc1S(=O)(=O)NCC(N1CCNCC1)C(F)(F)F. The van der Waals surface area contributed by atoms with Crippen molar-refractivity contribution in [3.05, 3.63) is 6.20 Å². The molecule has 0 radical (unpaired) electrons. The Balaban J connectivity index is 2.10. The van der Waals surface area contributed by atoms with Crippen LogP contribution < -0.4 is 10.0 Å². The number of rotatable bonds is 5. The monoisotopic (exact) mass is 342 g/mol. The van der Waals surface area contributed by atoms with Gasteiger partial charge in [-0.3, -0.25) is 4.90 Å². The van der Waals surface area contributed by atoms with Gasteiger partial charge in [-0.25, -0.2) is 17.8 Å². The van der Waals surface area contributed by atoms with Gasteiger partial charge in [-0.1, -0.05) is 5.21 Å². The van der Waals surface area contributed by atoms with Crippen LogP contribution in [-0.4, -0.2) is 73.3 Å². The highest BCUT2D eigenvalue weighted by molar-refractivity contribution is 7.89. The Morgan fingerprint density at radius 3 is 2.55 bits per heavy atom. The fourth-order valence-electron chi connectivity index (χ4n) is 2.23. The molecular formula is C10H17F3N6O2S. The van der Waals surface area contributed by atoms with E-state index in [1.165, 1.54) is 11.9 Å². The third-order valence-corrected chi connectivity index (χ3v) is 4.85. The molecule has 1 fully saturated rings. The van der Waals surface area contributed by atoms with Crippen molar-refractivity contribution < 1.29 is 21.6 Å². The molecule has 2 N–H and O–H groups in total. The normalized spacial score (nSPS) is 19.3. The van der Waals surface area contributed by atoms with Crippen LogP contribution in [0.5, 0.6) is 0 Å². The number of hydrogen-bond acceptors (Lipinski definition) is 6. The molecule has 126 valence electrons. The van der Waals surface area contributed by atoms with Crippen molar-refractivity contribution in [2.75, 3.05) is 32.7 Å². The van der Waals surface area contributed by atoms with E-state index in [1.54, 1.807) is 0 Å². The first-order valence-corrected chi connectivity index (χ1v) is 8.06. The van der Waals surface area contributed by atoms with E-state index in [0.29, 0.717) is 13.1 Å². The number of sulfonamides is 1. The van der Waals surface area contributed by atoms with Gasteiger partial charge in [0.15, 0.2) is 5.03 Å². The van der Waals surface area contributed by atoms with E-state index >= 15 is 0 Å². The molecule has 0 aliphatic carbocycles. The van der Waals surface area contributed by atoms with Crippen LogP contribution >= 0.6 is 0 Å². The van der Waals surface area contributed by atoms with Crippen molar-refractivity contribution in [3.8, 4) is 0 Å². The molecule has 2 rings (SSSR count). The Bertz CT molecular complexity index is 596. The fraction of sp³-hybridized carbons (Fsp3) is 0.800. The van der Waals surface area contributed by atoms with Gasteiger partial charge >= 0.3 is 6.18 Å². The van der Waals surface area contributed by atoms with E-state index < -0.39 is 28.8 Å². The Hall–Kier alpha value is -1.24. The molecular weight excluding hydrogens is 325 g/mol. The van der Waals surface area contributed by atoms with Gasteiger partial charge in [0.2, 0.25) is 0 Å². The number of aromatic nitrogens is 3. The van der Waals surface area contributed by atoms with E-state index in [-0.39, 0.29) is 18.1 Å². The lowest BCUT2D eigenvalue weighted by molar-refractivity contribution is -0.182. The van der Waals surface area contributed by atoms with Gasteiger partial charge in [0.25, 0.3) is 10.0 Å². The van der Waals surface area contributed by atoms with E-state index in [2.05, 4.69) is 15.6 Å². The maximum atomic E-state index is 13.2. The molecule has 1 aliphatic rings. The lowest BCUT2D eigenvalue weighted by Crippen LogP contribution is -2.57. The highest BCUT2D eigenvalue weighted by Crippen LogP contribution is 2.25. The van der Waals surface area contributed by atoms with E-state index in [9.17, 15) is 21.6 Å². The summed E-state index contributed by atoms with van der Waals surface area (Å²) in [4.78, 5) is 1.22. The summed E-state index contributed by atoms with van der Waals surface area (Å²) >= 11 is 0. The molecule has 1 aliphatic heterocycles. The van der Waals surface area contributed by atoms with Gasteiger partial charge in [-0.05, 0) is 0 Å². The summed E-state index contributed by atoms with van der Waals surface area (Å²) < 4.78 is 66.5. The van der Waals surface area contributed by atoms with Crippen LogP contribution in [0, 0.1) is 0 Å². The number of aryl methyl sites for hydroxylation is 1. The molecule has 1 aromatic heterocycles. The van der Waals surface area contributed by atoms with Crippen LogP contribution in [0.1, 0.15) is 0 Å². The van der Waals surface area contributed by atoms with E-state index in [1.807, 2.05) is 4.72 Å². The molecule has 0 aromatic carbocycles. The average Bonchev–Trinajstić information content (AvgIpc) is 2.85. The first kappa shape index (κ1) is 17.1. The smallest absolute Gasteiger partial charge is 0.314 e. The van der Waals surface area contributed by atoms with E-state index in [0.717, 1.165) is 10.9 Å². The van der Waals surface area contributed by atoms with Gasteiger partial charge < -0.3 is 5.32 Å². The zero-order chi connectivity index (χ0) is 16.4. The largest absolute Gasteiger partial charge is 0.405 e. The molecule has 1 saturated heterocycles. The number of alkyl halides is 3. The lowest BCUT2D eigenvalue weighted by atomic mass is 10.2. The summed E-state index contributed by atoms with van der Waals surface area (Å²) in [5.41, 5.74) is 0. The van der Waals surface area contributed by atoms with Gasteiger partial charge in [0, 0.05) is 39.8 Å². The molecule has 8 nitrogen and oxygen atoms in total. The zero-order valence-corrected chi connectivity index (χ0v) is 12.7. The Labute approximate surface area is 125 Å². The molecule has 2 heterocycles. The van der Waals surface area contributed by atoms with Crippen LogP contribution in [0.4, 0.5) is 13.2 Å². The molecule has 1 atom stereocenters. The first-order chi connectivity index (χ1) is 10.2. The van der Waals surface area contributed by atoms with Crippen molar-refractivity contribution in [2.24, 2.45) is 7.05 Å². The molecule has 0 saturated carbocycles. The van der Waals surface area contributed by atoms with Gasteiger partial charge in [0.1, 0.15) is 6.04 Å². The molecule has 0 bridgehead atoms. The Morgan fingerprint density at radius 2 is 2.05 bits per heavy atom. The Kier molecular flexibility index (Phi) is 5.04. The predicted molar refractivity (Wildman–Crippen MR) is 70.5 cm³/mol. The standard InChI is InChI=1S/C10H17F3N6O2S/c1-18-9(7-15-17-18)22(20,21)16-6-8(10(11,12)13)19-4-2-14-3-5-19/h7-8,14,16H,2-6H2,1H3. The summed E-state index contributed by atoms with van der Waals surface area (Å²) in [6.45, 7) is 0.533. The second-order valence-electron chi connectivity index (χ2n) is 4.89. The third kappa shape index (κ3) is 3.94. The highest BCUT2D eigenvalue weighted by atomic mass is 32.2. The molecule has 12 heteroatoms. The predicted octanol–water partition coefficient (Wildman–Crippen LogP) is -1.07. The quantitative estimate of drug-likeness (QED) is 0.708. The fourth-order valence-corrected chi connectivity index (χ4v) is 3.33. The van der Waals surface area contributed by atoms with Crippen molar-refractivity contribution in [1.82, 2.24) is 29.9 Å². The zero-order valence-electron chi connectivity index (χ0n) is 11.8. The molecule has 1 unspecified atom stereocenters. The first-order valence-electron chi connectivity index (χ1n) is 6.57. The average molecular weight is 342 g/mol. The summed E-state index contributed by atoms with van der Waals surface area (Å²) in [7, 11) is -2.75. The van der Waals surface area contributed by atoms with Crippen molar-refractivity contribution in [1.29, 1.82) is 0 Å². The van der Waals surface area contributed by atoms with Crippen molar-refractivity contribution >= 4 is 10.0 Å². The minimum Gasteiger partial charge on any atom is -0.314 e. The Morgan fingerprint density at radius 1 is 1.41 bits per heavy atom. The summed E-state index contributed by atoms with van der Waals surface area (Å²) in [5, 5.41) is 9.53. The second kappa shape index (κ2) is 6.48. The van der Waals surface area contributed by atoms with Crippen LogP contribution in [0.15, 0.2) is 11.2 Å². The van der Waals surface area contributed by atoms with Crippen LogP contribution in [-0.2, 0) is 17.1 Å². The molecule has 0 spiro atoms. The van der Waals surface area contributed by atoms with Crippen LogP contribution in [0.25, 0.3) is 0 Å². The molecule has 0 amide bonds. The summed E-state index contributed by atoms with van der Waals surface area (Å²) in [5.74, 6) is 0. The minimum atomic E-state index is -4.52. The van der Waals surface area contributed by atoms with Crippen molar-refractivity contribution in [3.63, 3.8) is 0 Å². The number of nitrogens with one attached hydrogen (secondary N) is 2. The third-order valence-electron chi connectivity index (χ3n) is 3.39. The van der Waals surface area contributed by atoms with Crippen LogP contribution in [0.2, 0.25) is 0 Å². The maximum Gasteiger partial charge on any atom is 0.405 e. The second-order valence-corrected chi connectivity index (χ2v) is 6.60. The molecule has 1 aromatic rings. The van der Waals surface area contributed by atoms with E-state index in [4.69, 9.17) is 0 Å². The highest BCUT2D eigenvalue weighted by Gasteiger charge is 2.44. The van der Waals surface area contributed by atoms with Crippen LogP contribution in [0.3, 0.4) is 0 Å². The van der Waals surface area contributed by atoms with Crippen molar-refractivity contribution in [2.45, 2.75) is 17.2 Å².